The molecule has 0 unspecified atom stereocenters. The van der Waals surface area contributed by atoms with Gasteiger partial charge in [0, 0.05) is 0 Å². The van der Waals surface area contributed by atoms with Crippen molar-refractivity contribution in [3.8, 4) is 0 Å². The molecule has 2 aliphatic carbocycles. The summed E-state index contributed by atoms with van der Waals surface area (Å²) in [7, 11) is 0. The highest BCUT2D eigenvalue weighted by atomic mass is 16.2. The lowest BCUT2D eigenvalue weighted by Crippen LogP contribution is -2.33. The average molecular weight is 269 g/mol. The maximum absolute atomic E-state index is 12.8. The van der Waals surface area contributed by atoms with Crippen LogP contribution in [0.4, 0.5) is 5.69 Å². The third kappa shape index (κ3) is 1.36. The fraction of sp³-hybridized carbons (Fsp3) is 0.529. The molecule has 3 nitrogen and oxygen atoms in total. The molecule has 0 spiro atoms. The molecule has 3 fully saturated rings. The van der Waals surface area contributed by atoms with Crippen LogP contribution in [0.15, 0.2) is 18.2 Å². The first-order valence-corrected chi connectivity index (χ1v) is 7.53. The summed E-state index contributed by atoms with van der Waals surface area (Å²) in [6.07, 6.45) is 3.35. The Kier molecular flexibility index (Phi) is 2.39. The van der Waals surface area contributed by atoms with E-state index < -0.39 is 0 Å². The molecule has 3 aliphatic rings. The maximum atomic E-state index is 12.8. The number of hydrogen-bond acceptors (Lipinski definition) is 2. The second-order valence-corrected chi connectivity index (χ2v) is 6.64. The molecule has 2 saturated carbocycles. The number of nitrogens with zero attached hydrogens (tertiary/aromatic N) is 1. The van der Waals surface area contributed by atoms with Crippen LogP contribution in [-0.2, 0) is 9.59 Å². The van der Waals surface area contributed by atoms with Gasteiger partial charge in [0.1, 0.15) is 0 Å². The van der Waals surface area contributed by atoms with E-state index in [-0.39, 0.29) is 23.7 Å². The normalized spacial score (nSPS) is 35.0. The van der Waals surface area contributed by atoms with Crippen molar-refractivity contribution in [3.63, 3.8) is 0 Å². The van der Waals surface area contributed by atoms with Crippen LogP contribution in [0.1, 0.15) is 30.4 Å². The van der Waals surface area contributed by atoms with Crippen LogP contribution in [0.5, 0.6) is 0 Å². The SMILES string of the molecule is Cc1cccc(C)c1N1C(=O)[C@H]2[C@H]3CC[C@@H](C3)[C@@H]2C1=O. The largest absolute Gasteiger partial charge is 0.274 e. The number of aryl methyl sites for hydroxylation is 2. The number of fused-ring (bicyclic) bond motifs is 5. The monoisotopic (exact) mass is 269 g/mol. The summed E-state index contributed by atoms with van der Waals surface area (Å²) in [6.45, 7) is 3.96. The van der Waals surface area contributed by atoms with Gasteiger partial charge >= 0.3 is 0 Å². The van der Waals surface area contributed by atoms with Crippen molar-refractivity contribution in [2.24, 2.45) is 23.7 Å². The minimum absolute atomic E-state index is 0.0275. The van der Waals surface area contributed by atoms with Crippen molar-refractivity contribution >= 4 is 17.5 Å². The summed E-state index contributed by atoms with van der Waals surface area (Å²) in [5.41, 5.74) is 2.86. The summed E-state index contributed by atoms with van der Waals surface area (Å²) in [5.74, 6) is 0.973. The Morgan fingerprint density at radius 3 is 1.95 bits per heavy atom. The number of hydrogen-bond donors (Lipinski definition) is 0. The molecular formula is C17H19NO2. The van der Waals surface area contributed by atoms with Gasteiger partial charge in [-0.3, -0.25) is 9.59 Å². The summed E-state index contributed by atoms with van der Waals surface area (Å²) >= 11 is 0. The molecule has 4 rings (SSSR count). The number of carbonyl (C=O) groups is 2. The molecular weight excluding hydrogens is 250 g/mol. The summed E-state index contributed by atoms with van der Waals surface area (Å²) in [4.78, 5) is 27.1. The van der Waals surface area contributed by atoms with Gasteiger partial charge in [-0.1, -0.05) is 18.2 Å². The predicted molar refractivity (Wildman–Crippen MR) is 76.2 cm³/mol. The first-order chi connectivity index (χ1) is 9.59. The maximum Gasteiger partial charge on any atom is 0.237 e. The molecule has 20 heavy (non-hydrogen) atoms. The standard InChI is InChI=1S/C17H19NO2/c1-9-4-3-5-10(2)15(9)18-16(19)13-11-6-7-12(8-11)14(13)17(18)20/h3-5,11-14H,6-8H2,1-2H3/t11-,12-,13-,14-/m0/s1. The smallest absolute Gasteiger partial charge is 0.237 e. The third-order valence-corrected chi connectivity index (χ3v) is 5.59. The van der Waals surface area contributed by atoms with E-state index in [1.165, 1.54) is 4.90 Å². The van der Waals surface area contributed by atoms with E-state index in [0.29, 0.717) is 11.8 Å². The van der Waals surface area contributed by atoms with Gasteiger partial charge in [-0.2, -0.15) is 0 Å². The second-order valence-electron chi connectivity index (χ2n) is 6.64. The number of carbonyl (C=O) groups excluding carboxylic acids is 2. The molecule has 1 aliphatic heterocycles. The molecule has 0 aromatic heterocycles. The molecule has 1 saturated heterocycles. The Bertz CT molecular complexity index is 573. The Balaban J connectivity index is 1.81. The molecule has 0 radical (unpaired) electrons. The molecule has 4 atom stereocenters. The van der Waals surface area contributed by atoms with E-state index in [0.717, 1.165) is 36.1 Å². The van der Waals surface area contributed by atoms with Crippen molar-refractivity contribution in [1.82, 2.24) is 0 Å². The summed E-state index contributed by atoms with van der Waals surface area (Å²) in [5, 5.41) is 0. The van der Waals surface area contributed by atoms with Crippen LogP contribution in [0.2, 0.25) is 0 Å². The van der Waals surface area contributed by atoms with Crippen LogP contribution in [0, 0.1) is 37.5 Å². The Morgan fingerprint density at radius 2 is 1.45 bits per heavy atom. The first kappa shape index (κ1) is 12.1. The van der Waals surface area contributed by atoms with Gasteiger partial charge in [0.05, 0.1) is 17.5 Å². The lowest BCUT2D eigenvalue weighted by molar-refractivity contribution is -0.123. The van der Waals surface area contributed by atoms with Gasteiger partial charge in [-0.05, 0) is 56.1 Å². The Hall–Kier alpha value is -1.64. The first-order valence-electron chi connectivity index (χ1n) is 7.53. The van der Waals surface area contributed by atoms with Gasteiger partial charge in [-0.15, -0.1) is 0 Å². The van der Waals surface area contributed by atoms with Crippen molar-refractivity contribution in [3.05, 3.63) is 29.3 Å². The van der Waals surface area contributed by atoms with Crippen LogP contribution in [0.3, 0.4) is 0 Å². The van der Waals surface area contributed by atoms with Crippen LogP contribution in [0.25, 0.3) is 0 Å². The molecule has 104 valence electrons. The van der Waals surface area contributed by atoms with Crippen LogP contribution >= 0.6 is 0 Å². The van der Waals surface area contributed by atoms with Crippen molar-refractivity contribution in [2.75, 3.05) is 4.90 Å². The zero-order chi connectivity index (χ0) is 14.0. The number of imide groups is 1. The summed E-state index contributed by atoms with van der Waals surface area (Å²) < 4.78 is 0. The fourth-order valence-electron chi connectivity index (χ4n) is 4.79. The number of benzene rings is 1. The number of amides is 2. The van der Waals surface area contributed by atoms with E-state index >= 15 is 0 Å². The summed E-state index contributed by atoms with van der Waals surface area (Å²) in [6, 6.07) is 5.93. The minimum Gasteiger partial charge on any atom is -0.274 e. The van der Waals surface area contributed by atoms with E-state index in [9.17, 15) is 9.59 Å². The highest BCUT2D eigenvalue weighted by Gasteiger charge is 2.61. The van der Waals surface area contributed by atoms with Crippen LogP contribution in [-0.4, -0.2) is 11.8 Å². The Morgan fingerprint density at radius 1 is 0.950 bits per heavy atom. The van der Waals surface area contributed by atoms with E-state index in [1.807, 2.05) is 32.0 Å². The molecule has 3 heteroatoms. The lowest BCUT2D eigenvalue weighted by Gasteiger charge is -2.21. The lowest BCUT2D eigenvalue weighted by atomic mass is 9.81. The van der Waals surface area contributed by atoms with Gasteiger partial charge < -0.3 is 0 Å². The number of rotatable bonds is 1. The molecule has 1 aromatic carbocycles. The average Bonchev–Trinajstić information content (AvgIpc) is 3.07. The topological polar surface area (TPSA) is 37.4 Å². The quantitative estimate of drug-likeness (QED) is 0.735. The van der Waals surface area contributed by atoms with Crippen molar-refractivity contribution < 1.29 is 9.59 Å². The molecule has 2 amide bonds. The molecule has 1 aromatic rings. The van der Waals surface area contributed by atoms with E-state index in [4.69, 9.17) is 0 Å². The third-order valence-electron chi connectivity index (χ3n) is 5.59. The zero-order valence-electron chi connectivity index (χ0n) is 11.9. The fourth-order valence-corrected chi connectivity index (χ4v) is 4.79. The second kappa shape index (κ2) is 3.94. The molecule has 1 heterocycles. The molecule has 0 N–H and O–H groups in total. The van der Waals surface area contributed by atoms with Gasteiger partial charge in [-0.25, -0.2) is 4.90 Å². The molecule has 2 bridgehead atoms. The number of para-hydroxylation sites is 1. The van der Waals surface area contributed by atoms with Crippen LogP contribution < -0.4 is 4.90 Å². The van der Waals surface area contributed by atoms with Crippen molar-refractivity contribution in [2.45, 2.75) is 33.1 Å². The van der Waals surface area contributed by atoms with E-state index in [1.54, 1.807) is 0 Å². The highest BCUT2D eigenvalue weighted by Crippen LogP contribution is 2.56. The van der Waals surface area contributed by atoms with Crippen molar-refractivity contribution in [1.29, 1.82) is 0 Å². The zero-order valence-corrected chi connectivity index (χ0v) is 11.9. The van der Waals surface area contributed by atoms with Gasteiger partial charge in [0.25, 0.3) is 0 Å². The Labute approximate surface area is 119 Å². The predicted octanol–water partition coefficient (Wildman–Crippen LogP) is 2.84. The van der Waals surface area contributed by atoms with Gasteiger partial charge in [0.2, 0.25) is 11.8 Å². The van der Waals surface area contributed by atoms with E-state index in [2.05, 4.69) is 0 Å². The number of anilines is 1. The van der Waals surface area contributed by atoms with Gasteiger partial charge in [0.15, 0.2) is 0 Å². The minimum atomic E-state index is -0.0275. The highest BCUT2D eigenvalue weighted by molar-refractivity contribution is 6.23.